The molecular weight excluding hydrogens is 741 g/mol. The number of rotatable bonds is 33. The molecule has 1 fully saturated rings. The maximum absolute atomic E-state index is 12.7. The minimum absolute atomic E-state index is 0.0686. The van der Waals surface area contributed by atoms with Crippen LogP contribution >= 0.6 is 0 Å². The third-order valence-corrected chi connectivity index (χ3v) is 9.89. The van der Waals surface area contributed by atoms with Crippen LogP contribution in [0.1, 0.15) is 142 Å². The van der Waals surface area contributed by atoms with Gasteiger partial charge in [0.15, 0.2) is 12.4 Å². The van der Waals surface area contributed by atoms with Gasteiger partial charge in [-0.3, -0.25) is 14.1 Å². The van der Waals surface area contributed by atoms with Crippen LogP contribution in [0.25, 0.3) is 0 Å². The molecule has 1 rings (SSSR count). The third kappa shape index (κ3) is 27.9. The fourth-order valence-electron chi connectivity index (χ4n) is 5.93. The zero-order chi connectivity index (χ0) is 41.3. The van der Waals surface area contributed by atoms with Crippen LogP contribution in [0.5, 0.6) is 0 Å². The molecular formula is C43H72O12S. The van der Waals surface area contributed by atoms with Gasteiger partial charge in [-0.25, -0.2) is 0 Å². The molecule has 0 amide bonds. The van der Waals surface area contributed by atoms with Crippen LogP contribution < -0.4 is 0 Å². The summed E-state index contributed by atoms with van der Waals surface area (Å²) in [5.74, 6) is -2.15. The van der Waals surface area contributed by atoms with Crippen LogP contribution in [0.4, 0.5) is 0 Å². The van der Waals surface area contributed by atoms with Gasteiger partial charge in [0.1, 0.15) is 36.8 Å². The molecule has 4 N–H and O–H groups in total. The van der Waals surface area contributed by atoms with Crippen LogP contribution in [0.2, 0.25) is 0 Å². The van der Waals surface area contributed by atoms with Gasteiger partial charge < -0.3 is 34.3 Å². The Hall–Kier alpha value is -2.65. The largest absolute Gasteiger partial charge is 0.462 e. The van der Waals surface area contributed by atoms with Crippen molar-refractivity contribution in [2.75, 3.05) is 19.0 Å². The normalized spacial score (nSPS) is 21.3. The summed E-state index contributed by atoms with van der Waals surface area (Å²) in [7, 11) is -4.61. The molecule has 56 heavy (non-hydrogen) atoms. The Kier molecular flexibility index (Phi) is 30.6. The number of unbranched alkanes of at least 4 members (excludes halogenated alkanes) is 12. The molecule has 6 unspecified atom stereocenters. The fraction of sp³-hybridized carbons (Fsp3) is 0.721. The molecule has 0 aromatic heterocycles. The van der Waals surface area contributed by atoms with E-state index in [1.54, 1.807) is 6.08 Å². The topological polar surface area (TPSA) is 186 Å². The number of esters is 2. The van der Waals surface area contributed by atoms with E-state index in [2.05, 4.69) is 50.3 Å². The highest BCUT2D eigenvalue weighted by molar-refractivity contribution is 7.85. The Bertz CT molecular complexity index is 1280. The Balaban J connectivity index is 2.56. The van der Waals surface area contributed by atoms with Crippen molar-refractivity contribution in [3.63, 3.8) is 0 Å². The first-order chi connectivity index (χ1) is 27.0. The van der Waals surface area contributed by atoms with Crippen molar-refractivity contribution in [1.82, 2.24) is 0 Å². The van der Waals surface area contributed by atoms with Gasteiger partial charge in [0.25, 0.3) is 10.1 Å². The smallest absolute Gasteiger partial charge is 0.310 e. The Morgan fingerprint density at radius 3 is 1.61 bits per heavy atom. The predicted molar refractivity (Wildman–Crippen MR) is 219 cm³/mol. The summed E-state index contributed by atoms with van der Waals surface area (Å²) in [4.78, 5) is 25.2. The number of carbonyl (C=O) groups is 2. The highest BCUT2D eigenvalue weighted by atomic mass is 32.2. The second-order valence-electron chi connectivity index (χ2n) is 14.3. The second-order valence-corrected chi connectivity index (χ2v) is 15.8. The highest BCUT2D eigenvalue weighted by Crippen LogP contribution is 2.24. The molecule has 1 heterocycles. The minimum Gasteiger partial charge on any atom is -0.462 e. The van der Waals surface area contributed by atoms with Crippen LogP contribution in [0, 0.1) is 0 Å². The number of hydrogen-bond donors (Lipinski definition) is 4. The Morgan fingerprint density at radius 2 is 1.11 bits per heavy atom. The molecule has 0 aliphatic carbocycles. The molecule has 0 saturated carbocycles. The van der Waals surface area contributed by atoms with Crippen molar-refractivity contribution in [3.8, 4) is 0 Å². The first kappa shape index (κ1) is 51.4. The van der Waals surface area contributed by atoms with Crippen molar-refractivity contribution >= 4 is 22.1 Å². The van der Waals surface area contributed by atoms with Crippen molar-refractivity contribution in [1.29, 1.82) is 0 Å². The number of aliphatic hydroxyl groups is 3. The molecule has 0 spiro atoms. The molecule has 6 atom stereocenters. The zero-order valence-corrected chi connectivity index (χ0v) is 34.8. The molecule has 0 radical (unpaired) electrons. The van der Waals surface area contributed by atoms with Gasteiger partial charge in [0.05, 0.1) is 13.0 Å². The first-order valence-corrected chi connectivity index (χ1v) is 22.5. The minimum atomic E-state index is -4.61. The van der Waals surface area contributed by atoms with Crippen LogP contribution in [-0.2, 0) is 38.7 Å². The molecule has 12 nitrogen and oxygen atoms in total. The summed E-state index contributed by atoms with van der Waals surface area (Å²) in [6.07, 6.45) is 30.2. The molecule has 322 valence electrons. The molecule has 13 heteroatoms. The van der Waals surface area contributed by atoms with E-state index in [4.69, 9.17) is 18.9 Å². The maximum Gasteiger partial charge on any atom is 0.310 e. The number of hydrogen-bond acceptors (Lipinski definition) is 11. The van der Waals surface area contributed by atoms with Gasteiger partial charge >= 0.3 is 11.9 Å². The number of allylic oxidation sites excluding steroid dienone is 9. The summed E-state index contributed by atoms with van der Waals surface area (Å²) >= 11 is 0. The van der Waals surface area contributed by atoms with Crippen molar-refractivity contribution in [3.05, 3.63) is 60.8 Å². The van der Waals surface area contributed by atoms with Crippen molar-refractivity contribution in [2.45, 2.75) is 179 Å². The second kappa shape index (κ2) is 33.3. The summed E-state index contributed by atoms with van der Waals surface area (Å²) in [6, 6.07) is 0. The lowest BCUT2D eigenvalue weighted by atomic mass is 10.00. The monoisotopic (exact) mass is 812 g/mol. The van der Waals surface area contributed by atoms with Crippen LogP contribution in [-0.4, -0.2) is 96.0 Å². The van der Waals surface area contributed by atoms with E-state index in [9.17, 15) is 37.9 Å². The van der Waals surface area contributed by atoms with Gasteiger partial charge in [-0.2, -0.15) is 8.42 Å². The molecule has 0 bridgehead atoms. The quantitative estimate of drug-likeness (QED) is 0.0219. The SMILES string of the molecule is CC/C=C\C/C=C\C/C=C\C/C=C\C/C=C\CC(=O)OC(COC(=O)CCCCCCCCCCCCCCC)COC1OC(CS(=O)(=O)O)C(O)C(O)C1O. The standard InChI is InChI=1S/C43H72O12S/c1-3-5-7-9-11-13-15-17-18-20-22-24-26-28-30-32-39(45)54-36(34-53-43-42(48)41(47)40(46)37(55-43)35-56(49,50)51)33-52-38(44)31-29-27-25-23-21-19-16-14-12-10-8-6-4-2/h5,7,11,13,17-18,22,24,28,30,36-37,40-43,46-48H,3-4,6,8-10,12,14-16,19-21,23,25-27,29,31-35H2,1-2H3,(H,49,50,51)/b7-5-,13-11-,18-17-,24-22-,30-28-. The molecule has 1 saturated heterocycles. The predicted octanol–water partition coefficient (Wildman–Crippen LogP) is 7.78. The zero-order valence-electron chi connectivity index (χ0n) is 34.0. The number of ether oxygens (including phenoxy) is 4. The molecule has 0 aromatic carbocycles. The summed E-state index contributed by atoms with van der Waals surface area (Å²) in [5.41, 5.74) is 0. The lowest BCUT2D eigenvalue weighted by molar-refractivity contribution is -0.297. The Morgan fingerprint density at radius 1 is 0.625 bits per heavy atom. The van der Waals surface area contributed by atoms with E-state index in [-0.39, 0.29) is 19.4 Å². The van der Waals surface area contributed by atoms with E-state index in [0.717, 1.165) is 44.9 Å². The van der Waals surface area contributed by atoms with E-state index in [0.29, 0.717) is 12.8 Å². The van der Waals surface area contributed by atoms with E-state index in [1.165, 1.54) is 57.8 Å². The van der Waals surface area contributed by atoms with Crippen molar-refractivity contribution in [2.24, 2.45) is 0 Å². The van der Waals surface area contributed by atoms with Gasteiger partial charge in [0, 0.05) is 6.42 Å². The number of carbonyl (C=O) groups excluding carboxylic acids is 2. The lowest BCUT2D eigenvalue weighted by Gasteiger charge is -2.40. The Labute approximate surface area is 336 Å². The van der Waals surface area contributed by atoms with Gasteiger partial charge in [-0.05, 0) is 38.5 Å². The van der Waals surface area contributed by atoms with E-state index in [1.807, 2.05) is 18.2 Å². The average molecular weight is 813 g/mol. The number of aliphatic hydroxyl groups excluding tert-OH is 3. The van der Waals surface area contributed by atoms with Gasteiger partial charge in [-0.15, -0.1) is 0 Å². The van der Waals surface area contributed by atoms with Gasteiger partial charge in [-0.1, -0.05) is 152 Å². The van der Waals surface area contributed by atoms with Gasteiger partial charge in [0.2, 0.25) is 0 Å². The molecule has 0 aromatic rings. The maximum atomic E-state index is 12.7. The lowest BCUT2D eigenvalue weighted by Crippen LogP contribution is -2.60. The van der Waals surface area contributed by atoms with E-state index < -0.39 is 71.2 Å². The molecule has 1 aliphatic rings. The third-order valence-electron chi connectivity index (χ3n) is 9.14. The first-order valence-electron chi connectivity index (χ1n) is 20.8. The van der Waals surface area contributed by atoms with Crippen molar-refractivity contribution < 1.29 is 56.8 Å². The fourth-order valence-corrected chi connectivity index (χ4v) is 6.62. The van der Waals surface area contributed by atoms with Crippen LogP contribution in [0.15, 0.2) is 60.8 Å². The van der Waals surface area contributed by atoms with Crippen LogP contribution in [0.3, 0.4) is 0 Å². The highest BCUT2D eigenvalue weighted by Gasteiger charge is 2.46. The molecule has 1 aliphatic heterocycles. The summed E-state index contributed by atoms with van der Waals surface area (Å²) < 4.78 is 53.8. The summed E-state index contributed by atoms with van der Waals surface area (Å²) in [6.45, 7) is 3.54. The van der Waals surface area contributed by atoms with E-state index >= 15 is 0 Å². The summed E-state index contributed by atoms with van der Waals surface area (Å²) in [5, 5.41) is 30.8. The average Bonchev–Trinajstić information content (AvgIpc) is 3.16.